The van der Waals surface area contributed by atoms with Crippen molar-refractivity contribution in [3.8, 4) is 5.75 Å². The van der Waals surface area contributed by atoms with Crippen molar-refractivity contribution >= 4 is 21.8 Å². The van der Waals surface area contributed by atoms with Crippen LogP contribution in [0.3, 0.4) is 0 Å². The second-order valence-corrected chi connectivity index (χ2v) is 5.18. The highest BCUT2D eigenvalue weighted by Gasteiger charge is 2.34. The third-order valence-corrected chi connectivity index (χ3v) is 4.38. The standard InChI is InChI=1S/C13H15BrFNO3/c14-8-13(4-6-19-7-5-13)16-12(18)11-9(15)2-1-3-10(11)17/h1-3,17H,4-8H2,(H,16,18). The quantitative estimate of drug-likeness (QED) is 0.835. The van der Waals surface area contributed by atoms with Crippen LogP contribution in [0.15, 0.2) is 18.2 Å². The fourth-order valence-corrected chi connectivity index (χ4v) is 2.80. The van der Waals surface area contributed by atoms with Crippen LogP contribution in [-0.2, 0) is 4.74 Å². The third-order valence-electron chi connectivity index (χ3n) is 3.30. The van der Waals surface area contributed by atoms with Gasteiger partial charge in [-0.1, -0.05) is 22.0 Å². The smallest absolute Gasteiger partial charge is 0.258 e. The van der Waals surface area contributed by atoms with E-state index >= 15 is 0 Å². The van der Waals surface area contributed by atoms with E-state index in [2.05, 4.69) is 21.2 Å². The molecule has 0 bridgehead atoms. The number of phenols is 1. The maximum Gasteiger partial charge on any atom is 0.258 e. The molecule has 1 aliphatic rings. The molecule has 2 N–H and O–H groups in total. The molecule has 1 aromatic rings. The molecule has 1 heterocycles. The molecule has 4 nitrogen and oxygen atoms in total. The van der Waals surface area contributed by atoms with Gasteiger partial charge in [0.1, 0.15) is 17.1 Å². The molecule has 2 rings (SSSR count). The minimum Gasteiger partial charge on any atom is -0.507 e. The second-order valence-electron chi connectivity index (χ2n) is 4.61. The van der Waals surface area contributed by atoms with E-state index in [1.807, 2.05) is 0 Å². The van der Waals surface area contributed by atoms with Crippen molar-refractivity contribution in [2.75, 3.05) is 18.5 Å². The zero-order valence-corrected chi connectivity index (χ0v) is 11.9. The van der Waals surface area contributed by atoms with Gasteiger partial charge in [-0.2, -0.15) is 0 Å². The Morgan fingerprint density at radius 1 is 1.47 bits per heavy atom. The van der Waals surface area contributed by atoms with Gasteiger partial charge in [-0.05, 0) is 25.0 Å². The van der Waals surface area contributed by atoms with Crippen LogP contribution in [0.4, 0.5) is 4.39 Å². The maximum absolute atomic E-state index is 13.6. The minimum absolute atomic E-state index is 0.311. The Morgan fingerprint density at radius 2 is 2.16 bits per heavy atom. The highest BCUT2D eigenvalue weighted by atomic mass is 79.9. The average Bonchev–Trinajstić information content (AvgIpc) is 2.39. The zero-order valence-electron chi connectivity index (χ0n) is 10.3. The molecule has 0 aromatic heterocycles. The molecule has 0 saturated carbocycles. The monoisotopic (exact) mass is 331 g/mol. The molecular weight excluding hydrogens is 317 g/mol. The van der Waals surface area contributed by atoms with E-state index < -0.39 is 17.3 Å². The van der Waals surface area contributed by atoms with Crippen LogP contribution in [0.2, 0.25) is 0 Å². The Kier molecular flexibility index (Phi) is 4.42. The van der Waals surface area contributed by atoms with Crippen LogP contribution in [0.25, 0.3) is 0 Å². The van der Waals surface area contributed by atoms with Gasteiger partial charge < -0.3 is 15.2 Å². The number of alkyl halides is 1. The Hall–Kier alpha value is -1.14. The molecule has 1 amide bonds. The first-order chi connectivity index (χ1) is 9.08. The number of carbonyl (C=O) groups excluding carboxylic acids is 1. The normalized spacial score (nSPS) is 18.0. The van der Waals surface area contributed by atoms with Crippen LogP contribution >= 0.6 is 15.9 Å². The van der Waals surface area contributed by atoms with Crippen LogP contribution in [-0.4, -0.2) is 35.1 Å². The van der Waals surface area contributed by atoms with E-state index in [0.29, 0.717) is 31.4 Å². The van der Waals surface area contributed by atoms with E-state index in [0.717, 1.165) is 6.07 Å². The minimum atomic E-state index is -0.728. The van der Waals surface area contributed by atoms with Gasteiger partial charge in [0.15, 0.2) is 0 Å². The summed E-state index contributed by atoms with van der Waals surface area (Å²) in [6.45, 7) is 1.10. The van der Waals surface area contributed by atoms with Crippen molar-refractivity contribution in [2.45, 2.75) is 18.4 Å². The largest absolute Gasteiger partial charge is 0.507 e. The van der Waals surface area contributed by atoms with Crippen molar-refractivity contribution in [3.63, 3.8) is 0 Å². The predicted octanol–water partition coefficient (Wildman–Crippen LogP) is 2.21. The van der Waals surface area contributed by atoms with Crippen molar-refractivity contribution in [3.05, 3.63) is 29.6 Å². The first-order valence-electron chi connectivity index (χ1n) is 6.02. The number of aromatic hydroxyl groups is 1. The molecule has 6 heteroatoms. The highest BCUT2D eigenvalue weighted by Crippen LogP contribution is 2.26. The lowest BCUT2D eigenvalue weighted by atomic mass is 9.92. The summed E-state index contributed by atoms with van der Waals surface area (Å²) in [6.07, 6.45) is 1.30. The summed E-state index contributed by atoms with van der Waals surface area (Å²) in [4.78, 5) is 12.1. The predicted molar refractivity (Wildman–Crippen MR) is 72.1 cm³/mol. The summed E-state index contributed by atoms with van der Waals surface area (Å²) in [5.74, 6) is -1.68. The van der Waals surface area contributed by atoms with Gasteiger partial charge in [-0.3, -0.25) is 4.79 Å². The molecule has 0 radical (unpaired) electrons. The maximum atomic E-state index is 13.6. The number of ether oxygens (including phenoxy) is 1. The Morgan fingerprint density at radius 3 is 2.74 bits per heavy atom. The van der Waals surface area contributed by atoms with Gasteiger partial charge in [0, 0.05) is 18.5 Å². The molecule has 104 valence electrons. The fourth-order valence-electron chi connectivity index (χ4n) is 2.10. The lowest BCUT2D eigenvalue weighted by Gasteiger charge is -2.36. The molecule has 1 saturated heterocycles. The topological polar surface area (TPSA) is 58.6 Å². The summed E-state index contributed by atoms with van der Waals surface area (Å²) in [5, 5.41) is 13.0. The number of hydrogen-bond acceptors (Lipinski definition) is 3. The van der Waals surface area contributed by atoms with Gasteiger partial charge in [-0.15, -0.1) is 0 Å². The van der Waals surface area contributed by atoms with Gasteiger partial charge in [-0.25, -0.2) is 4.39 Å². The molecular formula is C13H15BrFNO3. The number of benzene rings is 1. The number of amides is 1. The van der Waals surface area contributed by atoms with E-state index in [9.17, 15) is 14.3 Å². The van der Waals surface area contributed by atoms with Crippen LogP contribution in [0, 0.1) is 5.82 Å². The van der Waals surface area contributed by atoms with Gasteiger partial charge >= 0.3 is 0 Å². The molecule has 1 fully saturated rings. The molecule has 1 aromatic carbocycles. The van der Waals surface area contributed by atoms with E-state index in [1.54, 1.807) is 0 Å². The number of phenolic OH excluding ortho intramolecular Hbond substituents is 1. The van der Waals surface area contributed by atoms with Crippen molar-refractivity contribution in [1.29, 1.82) is 0 Å². The molecule has 0 unspecified atom stereocenters. The fraction of sp³-hybridized carbons (Fsp3) is 0.462. The zero-order chi connectivity index (χ0) is 13.9. The van der Waals surface area contributed by atoms with Crippen LogP contribution in [0.1, 0.15) is 23.2 Å². The first kappa shape index (κ1) is 14.3. The SMILES string of the molecule is O=C(NC1(CBr)CCOCC1)c1c(O)cccc1F. The van der Waals surface area contributed by atoms with Gasteiger partial charge in [0.25, 0.3) is 5.91 Å². The van der Waals surface area contributed by atoms with Gasteiger partial charge in [0.2, 0.25) is 0 Å². The van der Waals surface area contributed by atoms with E-state index in [4.69, 9.17) is 4.74 Å². The highest BCUT2D eigenvalue weighted by molar-refractivity contribution is 9.09. The van der Waals surface area contributed by atoms with E-state index in [1.165, 1.54) is 12.1 Å². The Bertz CT molecular complexity index is 455. The summed E-state index contributed by atoms with van der Waals surface area (Å²) < 4.78 is 18.9. The summed E-state index contributed by atoms with van der Waals surface area (Å²) >= 11 is 3.38. The molecule has 19 heavy (non-hydrogen) atoms. The summed E-state index contributed by atoms with van der Waals surface area (Å²) in [6, 6.07) is 3.80. The second kappa shape index (κ2) is 5.88. The van der Waals surface area contributed by atoms with E-state index in [-0.39, 0.29) is 11.3 Å². The summed E-state index contributed by atoms with van der Waals surface area (Å²) in [7, 11) is 0. The van der Waals surface area contributed by atoms with Crippen LogP contribution in [0.5, 0.6) is 5.75 Å². The third kappa shape index (κ3) is 3.06. The first-order valence-corrected chi connectivity index (χ1v) is 7.14. The Labute approximate surface area is 119 Å². The Balaban J connectivity index is 2.20. The average molecular weight is 332 g/mol. The molecule has 0 aliphatic carbocycles. The number of carbonyl (C=O) groups is 1. The molecule has 0 spiro atoms. The lowest BCUT2D eigenvalue weighted by Crippen LogP contribution is -2.53. The number of rotatable bonds is 3. The summed E-state index contributed by atoms with van der Waals surface area (Å²) in [5.41, 5.74) is -0.765. The number of hydrogen-bond donors (Lipinski definition) is 2. The number of halogens is 2. The molecule has 1 aliphatic heterocycles. The molecule has 0 atom stereocenters. The van der Waals surface area contributed by atoms with Crippen molar-refractivity contribution in [1.82, 2.24) is 5.32 Å². The lowest BCUT2D eigenvalue weighted by molar-refractivity contribution is 0.0440. The van der Waals surface area contributed by atoms with Crippen molar-refractivity contribution < 1.29 is 19.0 Å². The number of nitrogens with one attached hydrogen (secondary N) is 1. The van der Waals surface area contributed by atoms with Gasteiger partial charge in [0.05, 0.1) is 5.54 Å². The van der Waals surface area contributed by atoms with Crippen molar-refractivity contribution in [2.24, 2.45) is 0 Å². The van der Waals surface area contributed by atoms with Crippen LogP contribution < -0.4 is 5.32 Å².